The van der Waals surface area contributed by atoms with Crippen LogP contribution in [0.3, 0.4) is 0 Å². The van der Waals surface area contributed by atoms with Crippen molar-refractivity contribution in [3.63, 3.8) is 0 Å². The van der Waals surface area contributed by atoms with Crippen molar-refractivity contribution in [2.24, 2.45) is 5.14 Å². The van der Waals surface area contributed by atoms with Crippen LogP contribution in [-0.4, -0.2) is 42.3 Å². The van der Waals surface area contributed by atoms with E-state index in [1.54, 1.807) is 29.2 Å². The summed E-state index contributed by atoms with van der Waals surface area (Å²) < 4.78 is 40.3. The van der Waals surface area contributed by atoms with Gasteiger partial charge in [-0.15, -0.1) is 13.2 Å². The van der Waals surface area contributed by atoms with Gasteiger partial charge in [0, 0.05) is 35.3 Å². The molecule has 1 saturated heterocycles. The molecule has 1 aliphatic heterocycles. The lowest BCUT2D eigenvalue weighted by atomic mass is 10.0. The van der Waals surface area contributed by atoms with Gasteiger partial charge in [-0.25, -0.2) is 4.79 Å². The Morgan fingerprint density at radius 1 is 1.03 bits per heavy atom. The summed E-state index contributed by atoms with van der Waals surface area (Å²) in [6.45, 7) is 1.00. The van der Waals surface area contributed by atoms with Crippen LogP contribution in [0.4, 0.5) is 23.7 Å². The number of nitrogens with zero attached hydrogens (tertiary/aromatic N) is 1. The summed E-state index contributed by atoms with van der Waals surface area (Å²) >= 11 is 1.11. The number of rotatable bonds is 5. The van der Waals surface area contributed by atoms with Crippen molar-refractivity contribution in [3.8, 4) is 5.75 Å². The monoisotopic (exact) mass is 454 g/mol. The van der Waals surface area contributed by atoms with Gasteiger partial charge < -0.3 is 20.3 Å². The molecule has 2 aromatic carbocycles. The zero-order chi connectivity index (χ0) is 22.4. The van der Waals surface area contributed by atoms with Crippen LogP contribution < -0.4 is 20.5 Å². The Labute approximate surface area is 181 Å². The number of amides is 3. The fourth-order valence-corrected chi connectivity index (χ4v) is 3.47. The van der Waals surface area contributed by atoms with E-state index in [9.17, 15) is 22.8 Å². The first-order valence-electron chi connectivity index (χ1n) is 9.43. The molecule has 4 N–H and O–H groups in total. The van der Waals surface area contributed by atoms with E-state index in [1.807, 2.05) is 0 Å². The standard InChI is InChI=1S/C20H21F3N4O3S/c21-20(22,23)30-16-5-3-14(4-6-16)25-19(29)26-15-9-11-27(12-10-15)18(28)13-1-7-17(31-24)8-2-13/h1-8,15H,9-12,24H2,(H2,25,26,29). The summed E-state index contributed by atoms with van der Waals surface area (Å²) in [7, 11) is 0. The number of nitrogens with two attached hydrogens (primary N) is 1. The molecule has 31 heavy (non-hydrogen) atoms. The Bertz CT molecular complexity index is 899. The minimum atomic E-state index is -4.77. The fraction of sp³-hybridized carbons (Fsp3) is 0.300. The third-order valence-corrected chi connectivity index (χ3v) is 5.24. The summed E-state index contributed by atoms with van der Waals surface area (Å²) in [6, 6.07) is 11.3. The molecule has 0 saturated carbocycles. The van der Waals surface area contributed by atoms with Crippen LogP contribution in [0, 0.1) is 0 Å². The topological polar surface area (TPSA) is 96.7 Å². The lowest BCUT2D eigenvalue weighted by Crippen LogP contribution is -2.47. The van der Waals surface area contributed by atoms with Crippen LogP contribution in [-0.2, 0) is 0 Å². The molecule has 2 aromatic rings. The Balaban J connectivity index is 1.44. The summed E-state index contributed by atoms with van der Waals surface area (Å²) in [6.07, 6.45) is -3.59. The van der Waals surface area contributed by atoms with Crippen molar-refractivity contribution in [1.82, 2.24) is 10.2 Å². The first-order valence-corrected chi connectivity index (χ1v) is 10.3. The maximum absolute atomic E-state index is 12.6. The van der Waals surface area contributed by atoms with E-state index in [-0.39, 0.29) is 17.7 Å². The van der Waals surface area contributed by atoms with Crippen LogP contribution in [0.5, 0.6) is 5.75 Å². The average Bonchev–Trinajstić information content (AvgIpc) is 2.74. The molecule has 0 aromatic heterocycles. The first kappa shape index (κ1) is 22.8. The Morgan fingerprint density at radius 2 is 1.65 bits per heavy atom. The van der Waals surface area contributed by atoms with Gasteiger partial charge >= 0.3 is 12.4 Å². The van der Waals surface area contributed by atoms with Gasteiger partial charge in [-0.05, 0) is 73.3 Å². The SMILES string of the molecule is NSc1ccc(C(=O)N2CCC(NC(=O)Nc3ccc(OC(F)(F)F)cc3)CC2)cc1. The van der Waals surface area contributed by atoms with Gasteiger partial charge in [-0.2, -0.15) is 0 Å². The number of hydrogen-bond donors (Lipinski definition) is 3. The minimum absolute atomic E-state index is 0.0716. The molecule has 0 bridgehead atoms. The number of nitrogens with one attached hydrogen (secondary N) is 2. The second-order valence-corrected chi connectivity index (χ2v) is 7.59. The molecular formula is C20H21F3N4O3S. The van der Waals surface area contributed by atoms with Crippen LogP contribution >= 0.6 is 11.9 Å². The maximum Gasteiger partial charge on any atom is 0.573 e. The second-order valence-electron chi connectivity index (χ2n) is 6.88. The molecule has 0 atom stereocenters. The van der Waals surface area contributed by atoms with Gasteiger partial charge in [0.25, 0.3) is 5.91 Å². The number of piperidine rings is 1. The summed E-state index contributed by atoms with van der Waals surface area (Å²) in [4.78, 5) is 27.4. The van der Waals surface area contributed by atoms with Gasteiger partial charge in [0.15, 0.2) is 0 Å². The van der Waals surface area contributed by atoms with Crippen molar-refractivity contribution in [2.45, 2.75) is 30.1 Å². The number of urea groups is 1. The van der Waals surface area contributed by atoms with Crippen molar-refractivity contribution in [1.29, 1.82) is 0 Å². The van der Waals surface area contributed by atoms with Crippen LogP contribution in [0.1, 0.15) is 23.2 Å². The molecule has 1 fully saturated rings. The normalized spacial score (nSPS) is 14.8. The highest BCUT2D eigenvalue weighted by Gasteiger charge is 2.31. The number of ether oxygens (including phenoxy) is 1. The first-order chi connectivity index (χ1) is 14.7. The van der Waals surface area contributed by atoms with Crippen molar-refractivity contribution in [2.75, 3.05) is 18.4 Å². The molecule has 7 nitrogen and oxygen atoms in total. The molecule has 0 aliphatic carbocycles. The third kappa shape index (κ3) is 6.79. The average molecular weight is 454 g/mol. The van der Waals surface area contributed by atoms with E-state index < -0.39 is 12.4 Å². The van der Waals surface area contributed by atoms with Gasteiger partial charge in [-0.3, -0.25) is 9.93 Å². The number of halogens is 3. The quantitative estimate of drug-likeness (QED) is 0.594. The molecule has 0 radical (unpaired) electrons. The number of carbonyl (C=O) groups excluding carboxylic acids is 2. The maximum atomic E-state index is 12.6. The third-order valence-electron chi connectivity index (χ3n) is 4.70. The van der Waals surface area contributed by atoms with Crippen molar-refractivity contribution >= 4 is 29.6 Å². The summed E-state index contributed by atoms with van der Waals surface area (Å²) in [5.41, 5.74) is 0.915. The van der Waals surface area contributed by atoms with Crippen molar-refractivity contribution in [3.05, 3.63) is 54.1 Å². The molecule has 0 spiro atoms. The number of benzene rings is 2. The number of hydrogen-bond acceptors (Lipinski definition) is 5. The van der Waals surface area contributed by atoms with Crippen molar-refractivity contribution < 1.29 is 27.5 Å². The van der Waals surface area contributed by atoms with Gasteiger partial charge in [0.05, 0.1) is 0 Å². The minimum Gasteiger partial charge on any atom is -0.406 e. The van der Waals surface area contributed by atoms with Gasteiger partial charge in [-0.1, -0.05) is 0 Å². The predicted molar refractivity (Wildman–Crippen MR) is 111 cm³/mol. The molecular weight excluding hydrogens is 433 g/mol. The second kappa shape index (κ2) is 9.92. The van der Waals surface area contributed by atoms with Gasteiger partial charge in [0.2, 0.25) is 0 Å². The molecule has 0 unspecified atom stereocenters. The van der Waals surface area contributed by atoms with Gasteiger partial charge in [0.1, 0.15) is 5.75 Å². The molecule has 11 heteroatoms. The van der Waals surface area contributed by atoms with E-state index >= 15 is 0 Å². The highest BCUT2D eigenvalue weighted by Crippen LogP contribution is 2.24. The van der Waals surface area contributed by atoms with Crippen LogP contribution in [0.25, 0.3) is 0 Å². The zero-order valence-electron chi connectivity index (χ0n) is 16.3. The van der Waals surface area contributed by atoms with Crippen LogP contribution in [0.2, 0.25) is 0 Å². The van der Waals surface area contributed by atoms with E-state index in [1.165, 1.54) is 12.1 Å². The number of carbonyl (C=O) groups is 2. The highest BCUT2D eigenvalue weighted by molar-refractivity contribution is 7.97. The van der Waals surface area contributed by atoms with E-state index in [2.05, 4.69) is 15.4 Å². The molecule has 166 valence electrons. The summed E-state index contributed by atoms with van der Waals surface area (Å²) in [5.74, 6) is -0.440. The van der Waals surface area contributed by atoms with Crippen LogP contribution in [0.15, 0.2) is 53.4 Å². The zero-order valence-corrected chi connectivity index (χ0v) is 17.1. The van der Waals surface area contributed by atoms with E-state index in [0.717, 1.165) is 29.0 Å². The summed E-state index contributed by atoms with van der Waals surface area (Å²) in [5, 5.41) is 10.9. The molecule has 1 aliphatic rings. The molecule has 3 amide bonds. The predicted octanol–water partition coefficient (Wildman–Crippen LogP) is 3.98. The fourth-order valence-electron chi connectivity index (χ4n) is 3.18. The lowest BCUT2D eigenvalue weighted by Gasteiger charge is -2.32. The lowest BCUT2D eigenvalue weighted by molar-refractivity contribution is -0.274. The highest BCUT2D eigenvalue weighted by atomic mass is 32.2. The molecule has 1 heterocycles. The smallest absolute Gasteiger partial charge is 0.406 e. The number of alkyl halides is 3. The number of anilines is 1. The Hall–Kier alpha value is -2.92. The van der Waals surface area contributed by atoms with E-state index in [0.29, 0.717) is 37.2 Å². The Kier molecular flexibility index (Phi) is 7.29. The molecule has 3 rings (SSSR count). The van der Waals surface area contributed by atoms with E-state index in [4.69, 9.17) is 5.14 Å². The largest absolute Gasteiger partial charge is 0.573 e. The Morgan fingerprint density at radius 3 is 2.19 bits per heavy atom. The number of likely N-dealkylation sites (tertiary alicyclic amines) is 1.